The van der Waals surface area contributed by atoms with Gasteiger partial charge < -0.3 is 5.32 Å². The van der Waals surface area contributed by atoms with E-state index in [0.717, 1.165) is 6.42 Å². The molecule has 0 aromatic carbocycles. The number of allylic oxidation sites excluding steroid dienone is 3. The Hall–Kier alpha value is -1.05. The monoisotopic (exact) mass is 251 g/mol. The van der Waals surface area contributed by atoms with Crippen molar-refractivity contribution in [2.24, 2.45) is 0 Å². The SMILES string of the molecule is CCCCCCCCCC=CC=CCNC(C)=O. The van der Waals surface area contributed by atoms with Crippen molar-refractivity contribution in [2.75, 3.05) is 6.54 Å². The lowest BCUT2D eigenvalue weighted by molar-refractivity contribution is -0.118. The van der Waals surface area contributed by atoms with Crippen LogP contribution < -0.4 is 5.32 Å². The van der Waals surface area contributed by atoms with Gasteiger partial charge in [0.1, 0.15) is 0 Å². The summed E-state index contributed by atoms with van der Waals surface area (Å²) in [6.45, 7) is 4.41. The molecule has 0 spiro atoms. The zero-order valence-corrected chi connectivity index (χ0v) is 12.1. The molecule has 0 aliphatic carbocycles. The summed E-state index contributed by atoms with van der Waals surface area (Å²) < 4.78 is 0. The molecule has 0 radical (unpaired) electrons. The maximum absolute atomic E-state index is 10.6. The van der Waals surface area contributed by atoms with Crippen LogP contribution in [-0.4, -0.2) is 12.5 Å². The van der Waals surface area contributed by atoms with Crippen molar-refractivity contribution in [1.29, 1.82) is 0 Å². The van der Waals surface area contributed by atoms with Crippen LogP contribution in [0.25, 0.3) is 0 Å². The third-order valence-electron chi connectivity index (χ3n) is 2.83. The van der Waals surface area contributed by atoms with E-state index in [9.17, 15) is 4.79 Å². The first-order valence-corrected chi connectivity index (χ1v) is 7.33. The zero-order valence-electron chi connectivity index (χ0n) is 12.1. The number of amides is 1. The quantitative estimate of drug-likeness (QED) is 0.428. The average molecular weight is 251 g/mol. The summed E-state index contributed by atoms with van der Waals surface area (Å²) >= 11 is 0. The van der Waals surface area contributed by atoms with Crippen molar-refractivity contribution in [3.63, 3.8) is 0 Å². The summed E-state index contributed by atoms with van der Waals surface area (Å²) in [4.78, 5) is 10.6. The fourth-order valence-electron chi connectivity index (χ4n) is 1.74. The summed E-state index contributed by atoms with van der Waals surface area (Å²) in [5.74, 6) is 0.0201. The lowest BCUT2D eigenvalue weighted by Gasteiger charge is -1.98. The Kier molecular flexibility index (Phi) is 13.2. The Morgan fingerprint density at radius 3 is 2.22 bits per heavy atom. The van der Waals surface area contributed by atoms with Gasteiger partial charge in [0.05, 0.1) is 0 Å². The Bertz CT molecular complexity index is 243. The van der Waals surface area contributed by atoms with Crippen LogP contribution in [0.4, 0.5) is 0 Å². The summed E-state index contributed by atoms with van der Waals surface area (Å²) in [5.41, 5.74) is 0. The highest BCUT2D eigenvalue weighted by Crippen LogP contribution is 2.08. The van der Waals surface area contributed by atoms with Gasteiger partial charge in [-0.25, -0.2) is 0 Å². The Balaban J connectivity index is 3.20. The van der Waals surface area contributed by atoms with Crippen molar-refractivity contribution in [1.82, 2.24) is 5.32 Å². The molecule has 0 saturated carbocycles. The summed E-state index contributed by atoms with van der Waals surface area (Å²) in [7, 11) is 0. The van der Waals surface area contributed by atoms with Gasteiger partial charge in [0, 0.05) is 13.5 Å². The molecule has 0 bridgehead atoms. The first kappa shape index (κ1) is 16.9. The number of unbranched alkanes of at least 4 members (excludes halogenated alkanes) is 7. The maximum atomic E-state index is 10.6. The standard InChI is InChI=1S/C16H29NO/c1-3-4-5-6-7-8-9-10-11-12-13-14-15-17-16(2)18/h11-14H,3-10,15H2,1-2H3,(H,17,18). The molecule has 1 amide bonds. The molecule has 0 fully saturated rings. The fraction of sp³-hybridized carbons (Fsp3) is 0.688. The van der Waals surface area contributed by atoms with Gasteiger partial charge in [-0.3, -0.25) is 4.79 Å². The predicted molar refractivity (Wildman–Crippen MR) is 79.6 cm³/mol. The molecule has 0 aromatic heterocycles. The highest BCUT2D eigenvalue weighted by molar-refractivity contribution is 5.72. The van der Waals surface area contributed by atoms with E-state index in [2.05, 4.69) is 24.4 Å². The molecule has 2 nitrogen and oxygen atoms in total. The summed E-state index contributed by atoms with van der Waals surface area (Å²) in [6, 6.07) is 0. The summed E-state index contributed by atoms with van der Waals surface area (Å²) in [6.07, 6.45) is 18.9. The van der Waals surface area contributed by atoms with Crippen LogP contribution >= 0.6 is 0 Å². The van der Waals surface area contributed by atoms with E-state index < -0.39 is 0 Å². The predicted octanol–water partition coefficient (Wildman–Crippen LogP) is 4.38. The number of hydrogen-bond donors (Lipinski definition) is 1. The Morgan fingerprint density at radius 2 is 1.56 bits per heavy atom. The molecule has 0 aliphatic heterocycles. The van der Waals surface area contributed by atoms with Crippen molar-refractivity contribution in [3.05, 3.63) is 24.3 Å². The van der Waals surface area contributed by atoms with Crippen molar-refractivity contribution < 1.29 is 4.79 Å². The van der Waals surface area contributed by atoms with Gasteiger partial charge >= 0.3 is 0 Å². The normalized spacial score (nSPS) is 11.4. The second kappa shape index (κ2) is 14.0. The fourth-order valence-corrected chi connectivity index (χ4v) is 1.74. The lowest BCUT2D eigenvalue weighted by Crippen LogP contribution is -2.19. The van der Waals surface area contributed by atoms with Gasteiger partial charge in [-0.2, -0.15) is 0 Å². The van der Waals surface area contributed by atoms with Gasteiger partial charge in [-0.15, -0.1) is 0 Å². The molecule has 104 valence electrons. The highest BCUT2D eigenvalue weighted by Gasteiger charge is 1.88. The summed E-state index contributed by atoms with van der Waals surface area (Å²) in [5, 5.41) is 2.72. The van der Waals surface area contributed by atoms with E-state index in [-0.39, 0.29) is 5.91 Å². The zero-order chi connectivity index (χ0) is 13.5. The van der Waals surface area contributed by atoms with Crippen LogP contribution in [0.3, 0.4) is 0 Å². The number of rotatable bonds is 11. The molecule has 1 N–H and O–H groups in total. The lowest BCUT2D eigenvalue weighted by atomic mass is 10.1. The smallest absolute Gasteiger partial charge is 0.217 e. The second-order valence-electron chi connectivity index (χ2n) is 4.70. The molecule has 0 aliphatic rings. The van der Waals surface area contributed by atoms with Crippen LogP contribution in [-0.2, 0) is 4.79 Å². The maximum Gasteiger partial charge on any atom is 0.217 e. The molecule has 0 saturated heterocycles. The molecule has 0 atom stereocenters. The first-order chi connectivity index (χ1) is 8.77. The number of carbonyl (C=O) groups excluding carboxylic acids is 1. The molecule has 0 aromatic rings. The molecule has 0 unspecified atom stereocenters. The van der Waals surface area contributed by atoms with Crippen LogP contribution in [0, 0.1) is 0 Å². The molecule has 0 rings (SSSR count). The largest absolute Gasteiger partial charge is 0.353 e. The van der Waals surface area contributed by atoms with E-state index in [1.54, 1.807) is 0 Å². The second-order valence-corrected chi connectivity index (χ2v) is 4.70. The van der Waals surface area contributed by atoms with E-state index in [1.165, 1.54) is 51.9 Å². The van der Waals surface area contributed by atoms with Crippen molar-refractivity contribution >= 4 is 5.91 Å². The van der Waals surface area contributed by atoms with E-state index in [4.69, 9.17) is 0 Å². The minimum Gasteiger partial charge on any atom is -0.353 e. The molecular formula is C16H29NO. The van der Waals surface area contributed by atoms with Gasteiger partial charge in [-0.1, -0.05) is 69.8 Å². The number of carbonyl (C=O) groups is 1. The topological polar surface area (TPSA) is 29.1 Å². The first-order valence-electron chi connectivity index (χ1n) is 7.33. The van der Waals surface area contributed by atoms with E-state index >= 15 is 0 Å². The van der Waals surface area contributed by atoms with Gasteiger partial charge in [-0.05, 0) is 12.8 Å². The molecule has 0 heterocycles. The van der Waals surface area contributed by atoms with Gasteiger partial charge in [0.2, 0.25) is 5.91 Å². The van der Waals surface area contributed by atoms with Crippen molar-refractivity contribution in [2.45, 2.75) is 65.2 Å². The molecule has 18 heavy (non-hydrogen) atoms. The molecular weight excluding hydrogens is 222 g/mol. The van der Waals surface area contributed by atoms with Gasteiger partial charge in [0.15, 0.2) is 0 Å². The minimum atomic E-state index is 0.0201. The van der Waals surface area contributed by atoms with Crippen LogP contribution in [0.15, 0.2) is 24.3 Å². The Labute approximate surface area is 113 Å². The van der Waals surface area contributed by atoms with Gasteiger partial charge in [0.25, 0.3) is 0 Å². The third kappa shape index (κ3) is 14.9. The third-order valence-corrected chi connectivity index (χ3v) is 2.83. The van der Waals surface area contributed by atoms with Crippen molar-refractivity contribution in [3.8, 4) is 0 Å². The number of hydrogen-bond acceptors (Lipinski definition) is 1. The average Bonchev–Trinajstić information content (AvgIpc) is 2.34. The molecule has 2 heteroatoms. The van der Waals surface area contributed by atoms with Crippen LogP contribution in [0.5, 0.6) is 0 Å². The van der Waals surface area contributed by atoms with E-state index in [1.807, 2.05) is 12.2 Å². The number of nitrogens with one attached hydrogen (secondary N) is 1. The minimum absolute atomic E-state index is 0.0201. The van der Waals surface area contributed by atoms with E-state index in [0.29, 0.717) is 6.54 Å². The van der Waals surface area contributed by atoms with Crippen LogP contribution in [0.2, 0.25) is 0 Å². The van der Waals surface area contributed by atoms with Crippen LogP contribution in [0.1, 0.15) is 65.2 Å². The highest BCUT2D eigenvalue weighted by atomic mass is 16.1. The Morgan fingerprint density at radius 1 is 0.944 bits per heavy atom.